The predicted molar refractivity (Wildman–Crippen MR) is 66.2 cm³/mol. The molecular formula is C15H13F3O. The molecule has 1 nitrogen and oxygen atoms in total. The van der Waals surface area contributed by atoms with Gasteiger partial charge in [0, 0.05) is 12.0 Å². The Labute approximate surface area is 109 Å². The minimum Gasteiger partial charge on any atom is -0.388 e. The van der Waals surface area contributed by atoms with Crippen molar-refractivity contribution in [2.75, 3.05) is 0 Å². The van der Waals surface area contributed by atoms with E-state index >= 15 is 0 Å². The molecule has 0 aliphatic rings. The van der Waals surface area contributed by atoms with Crippen LogP contribution in [0.3, 0.4) is 0 Å². The van der Waals surface area contributed by atoms with Crippen molar-refractivity contribution in [2.24, 2.45) is 0 Å². The van der Waals surface area contributed by atoms with Crippen LogP contribution in [0.2, 0.25) is 0 Å². The van der Waals surface area contributed by atoms with E-state index in [-0.39, 0.29) is 23.1 Å². The molecule has 0 amide bonds. The second-order valence-corrected chi connectivity index (χ2v) is 4.41. The number of aliphatic hydroxyl groups is 1. The summed E-state index contributed by atoms with van der Waals surface area (Å²) in [6.07, 6.45) is -1.39. The molecule has 0 aliphatic carbocycles. The largest absolute Gasteiger partial charge is 0.388 e. The molecule has 0 radical (unpaired) electrons. The maximum absolute atomic E-state index is 13.7. The summed E-state index contributed by atoms with van der Waals surface area (Å²) >= 11 is 0. The van der Waals surface area contributed by atoms with Gasteiger partial charge in [0.25, 0.3) is 0 Å². The van der Waals surface area contributed by atoms with Gasteiger partial charge in [0.2, 0.25) is 0 Å². The van der Waals surface area contributed by atoms with Gasteiger partial charge in [-0.05, 0) is 24.1 Å². The third-order valence-electron chi connectivity index (χ3n) is 3.04. The van der Waals surface area contributed by atoms with E-state index in [0.717, 1.165) is 0 Å². The monoisotopic (exact) mass is 266 g/mol. The summed E-state index contributed by atoms with van der Waals surface area (Å²) in [6.45, 7) is 1.44. The van der Waals surface area contributed by atoms with E-state index in [2.05, 4.69) is 0 Å². The number of hydrogen-bond acceptors (Lipinski definition) is 1. The number of aryl methyl sites for hydroxylation is 1. The molecule has 0 bridgehead atoms. The van der Waals surface area contributed by atoms with E-state index in [1.165, 1.54) is 37.3 Å². The summed E-state index contributed by atoms with van der Waals surface area (Å²) in [5.74, 6) is -2.54. The van der Waals surface area contributed by atoms with Crippen molar-refractivity contribution in [1.29, 1.82) is 0 Å². The van der Waals surface area contributed by atoms with Gasteiger partial charge in [-0.2, -0.15) is 0 Å². The van der Waals surface area contributed by atoms with E-state index in [9.17, 15) is 18.3 Å². The number of halogens is 3. The van der Waals surface area contributed by atoms with Crippen molar-refractivity contribution in [3.05, 3.63) is 70.5 Å². The summed E-state index contributed by atoms with van der Waals surface area (Å²) < 4.78 is 40.5. The van der Waals surface area contributed by atoms with Crippen molar-refractivity contribution >= 4 is 0 Å². The summed E-state index contributed by atoms with van der Waals surface area (Å²) in [5, 5.41) is 9.92. The highest BCUT2D eigenvalue weighted by Crippen LogP contribution is 2.25. The Hall–Kier alpha value is -1.81. The van der Waals surface area contributed by atoms with E-state index in [1.807, 2.05) is 0 Å². The van der Waals surface area contributed by atoms with Gasteiger partial charge >= 0.3 is 0 Å². The van der Waals surface area contributed by atoms with Crippen LogP contribution in [0, 0.1) is 24.4 Å². The van der Waals surface area contributed by atoms with Crippen LogP contribution in [0.5, 0.6) is 0 Å². The van der Waals surface area contributed by atoms with Crippen LogP contribution in [-0.2, 0) is 6.42 Å². The first kappa shape index (κ1) is 13.6. The summed E-state index contributed by atoms with van der Waals surface area (Å²) in [4.78, 5) is 0. The molecule has 2 rings (SSSR count). The maximum atomic E-state index is 13.7. The van der Waals surface area contributed by atoms with Crippen molar-refractivity contribution in [3.63, 3.8) is 0 Å². The van der Waals surface area contributed by atoms with Gasteiger partial charge in [-0.25, -0.2) is 13.2 Å². The molecule has 2 aromatic rings. The topological polar surface area (TPSA) is 20.2 Å². The van der Waals surface area contributed by atoms with Crippen LogP contribution in [0.25, 0.3) is 0 Å². The molecule has 0 aromatic heterocycles. The Kier molecular flexibility index (Phi) is 3.90. The SMILES string of the molecule is Cc1ccc(C(O)Cc2ccccc2F)c(F)c1F. The molecule has 100 valence electrons. The highest BCUT2D eigenvalue weighted by molar-refractivity contribution is 5.29. The number of benzene rings is 2. The maximum Gasteiger partial charge on any atom is 0.164 e. The fourth-order valence-electron chi connectivity index (χ4n) is 1.90. The molecular weight excluding hydrogens is 253 g/mol. The van der Waals surface area contributed by atoms with Crippen LogP contribution in [-0.4, -0.2) is 5.11 Å². The summed E-state index contributed by atoms with van der Waals surface area (Å²) in [5.41, 5.74) is 0.265. The second-order valence-electron chi connectivity index (χ2n) is 4.41. The van der Waals surface area contributed by atoms with Crippen molar-refractivity contribution in [1.82, 2.24) is 0 Å². The zero-order valence-corrected chi connectivity index (χ0v) is 10.3. The van der Waals surface area contributed by atoms with Crippen LogP contribution in [0.15, 0.2) is 36.4 Å². The lowest BCUT2D eigenvalue weighted by atomic mass is 9.99. The molecule has 19 heavy (non-hydrogen) atoms. The minimum absolute atomic E-state index is 0.105. The predicted octanol–water partition coefficient (Wildman–Crippen LogP) is 3.69. The van der Waals surface area contributed by atoms with Crippen LogP contribution in [0.4, 0.5) is 13.2 Å². The molecule has 2 aromatic carbocycles. The fourth-order valence-corrected chi connectivity index (χ4v) is 1.90. The third kappa shape index (κ3) is 2.79. The van der Waals surface area contributed by atoms with Gasteiger partial charge < -0.3 is 5.11 Å². The average molecular weight is 266 g/mol. The van der Waals surface area contributed by atoms with E-state index in [4.69, 9.17) is 0 Å². The normalized spacial score (nSPS) is 12.5. The van der Waals surface area contributed by atoms with Gasteiger partial charge in [0.15, 0.2) is 11.6 Å². The first-order valence-electron chi connectivity index (χ1n) is 5.86. The van der Waals surface area contributed by atoms with Crippen molar-refractivity contribution in [2.45, 2.75) is 19.4 Å². The van der Waals surface area contributed by atoms with E-state index < -0.39 is 23.6 Å². The number of aliphatic hydroxyl groups excluding tert-OH is 1. The average Bonchev–Trinajstić information content (AvgIpc) is 2.39. The number of rotatable bonds is 3. The Morgan fingerprint density at radius 1 is 1.00 bits per heavy atom. The lowest BCUT2D eigenvalue weighted by molar-refractivity contribution is 0.171. The molecule has 0 spiro atoms. The van der Waals surface area contributed by atoms with E-state index in [1.54, 1.807) is 6.07 Å². The molecule has 1 atom stereocenters. The third-order valence-corrected chi connectivity index (χ3v) is 3.04. The second kappa shape index (κ2) is 5.45. The van der Waals surface area contributed by atoms with E-state index in [0.29, 0.717) is 0 Å². The molecule has 0 heterocycles. The fraction of sp³-hybridized carbons (Fsp3) is 0.200. The minimum atomic E-state index is -1.29. The first-order valence-corrected chi connectivity index (χ1v) is 5.86. The highest BCUT2D eigenvalue weighted by Gasteiger charge is 2.19. The van der Waals surface area contributed by atoms with Crippen molar-refractivity contribution in [3.8, 4) is 0 Å². The Morgan fingerprint density at radius 2 is 1.68 bits per heavy atom. The lowest BCUT2D eigenvalue weighted by Gasteiger charge is -2.13. The highest BCUT2D eigenvalue weighted by atomic mass is 19.2. The molecule has 0 saturated heterocycles. The first-order chi connectivity index (χ1) is 9.00. The standard InChI is InChI=1S/C15H13F3O/c1-9-6-7-11(15(18)14(9)17)13(19)8-10-4-2-3-5-12(10)16/h2-7,13,19H,8H2,1H3. The smallest absolute Gasteiger partial charge is 0.164 e. The Balaban J connectivity index is 2.28. The number of hydrogen-bond donors (Lipinski definition) is 1. The van der Waals surface area contributed by atoms with Gasteiger partial charge in [0.05, 0.1) is 6.10 Å². The zero-order valence-electron chi connectivity index (χ0n) is 10.3. The Morgan fingerprint density at radius 3 is 2.37 bits per heavy atom. The van der Waals surface area contributed by atoms with Crippen LogP contribution >= 0.6 is 0 Å². The zero-order chi connectivity index (χ0) is 14.0. The molecule has 1 unspecified atom stereocenters. The molecule has 0 fully saturated rings. The van der Waals surface area contributed by atoms with Gasteiger partial charge in [-0.15, -0.1) is 0 Å². The lowest BCUT2D eigenvalue weighted by Crippen LogP contribution is -2.07. The van der Waals surface area contributed by atoms with Gasteiger partial charge in [-0.1, -0.05) is 30.3 Å². The van der Waals surface area contributed by atoms with Gasteiger partial charge in [0.1, 0.15) is 5.82 Å². The quantitative estimate of drug-likeness (QED) is 0.898. The van der Waals surface area contributed by atoms with Crippen LogP contribution in [0.1, 0.15) is 22.8 Å². The Bertz CT molecular complexity index is 596. The van der Waals surface area contributed by atoms with Crippen LogP contribution < -0.4 is 0 Å². The molecule has 1 N–H and O–H groups in total. The summed E-state index contributed by atoms with van der Waals surface area (Å²) in [6, 6.07) is 8.61. The summed E-state index contributed by atoms with van der Waals surface area (Å²) in [7, 11) is 0. The molecule has 0 aliphatic heterocycles. The molecule has 4 heteroatoms. The molecule has 0 saturated carbocycles. The van der Waals surface area contributed by atoms with Crippen molar-refractivity contribution < 1.29 is 18.3 Å². The van der Waals surface area contributed by atoms with Gasteiger partial charge in [-0.3, -0.25) is 0 Å².